The van der Waals surface area contributed by atoms with Crippen LogP contribution in [0.1, 0.15) is 97.1 Å². The fraction of sp³-hybridized carbons (Fsp3) is 0.548. The molecule has 214 valence electrons. The predicted octanol–water partition coefficient (Wildman–Crippen LogP) is 4.64. The molecule has 4 aromatic heterocycles. The van der Waals surface area contributed by atoms with Crippen LogP contribution in [-0.2, 0) is 19.0 Å². The molecule has 41 heavy (non-hydrogen) atoms. The van der Waals surface area contributed by atoms with Gasteiger partial charge in [-0.25, -0.2) is 4.98 Å². The highest BCUT2D eigenvalue weighted by atomic mass is 16.1. The molecule has 4 aromatic rings. The van der Waals surface area contributed by atoms with Crippen LogP contribution in [0.5, 0.6) is 0 Å². The first-order chi connectivity index (χ1) is 19.8. The lowest BCUT2D eigenvalue weighted by Crippen LogP contribution is -2.43. The van der Waals surface area contributed by atoms with E-state index in [0.717, 1.165) is 73.8 Å². The SMILES string of the molecule is Cc1nnc2c(C(=O)Nc3cc(C4(c5nncn5C)CC(C)C4)cc(C4CC4)n3)cc(CN3CCC[C@H](C)C3)cn12. The Hall–Kier alpha value is -3.66. The Morgan fingerprint density at radius 2 is 1.90 bits per heavy atom. The van der Waals surface area contributed by atoms with Crippen LogP contribution in [-0.4, -0.2) is 58.2 Å². The van der Waals surface area contributed by atoms with Crippen molar-refractivity contribution in [3.05, 3.63) is 64.8 Å². The quantitative estimate of drug-likeness (QED) is 0.355. The maximum Gasteiger partial charge on any atom is 0.260 e. The summed E-state index contributed by atoms with van der Waals surface area (Å²) in [6.45, 7) is 9.48. The zero-order chi connectivity index (χ0) is 28.3. The average Bonchev–Trinajstić information content (AvgIpc) is 3.60. The molecule has 2 aliphatic carbocycles. The lowest BCUT2D eigenvalue weighted by Gasteiger charge is -2.46. The smallest absolute Gasteiger partial charge is 0.260 e. The summed E-state index contributed by atoms with van der Waals surface area (Å²) in [7, 11) is 2.01. The van der Waals surface area contributed by atoms with Gasteiger partial charge in [0.1, 0.15) is 23.8 Å². The molecule has 0 radical (unpaired) electrons. The molecule has 0 aromatic carbocycles. The molecule has 0 bridgehead atoms. The molecule has 0 spiro atoms. The van der Waals surface area contributed by atoms with Crippen molar-refractivity contribution in [2.24, 2.45) is 18.9 Å². The molecule has 1 saturated heterocycles. The third-order valence-corrected chi connectivity index (χ3v) is 9.29. The number of fused-ring (bicyclic) bond motifs is 1. The molecule has 1 amide bonds. The number of nitrogens with one attached hydrogen (secondary N) is 1. The largest absolute Gasteiger partial charge is 0.320 e. The van der Waals surface area contributed by atoms with Gasteiger partial charge in [0.15, 0.2) is 5.65 Å². The van der Waals surface area contributed by atoms with Crippen molar-refractivity contribution >= 4 is 17.4 Å². The first kappa shape index (κ1) is 26.3. The van der Waals surface area contributed by atoms with Gasteiger partial charge in [0.25, 0.3) is 5.91 Å². The number of carbonyl (C=O) groups excluding carboxylic acids is 1. The summed E-state index contributed by atoms with van der Waals surface area (Å²) in [5, 5.41) is 20.5. The van der Waals surface area contributed by atoms with Crippen LogP contribution in [0, 0.1) is 18.8 Å². The highest BCUT2D eigenvalue weighted by Gasteiger charge is 2.48. The van der Waals surface area contributed by atoms with Gasteiger partial charge in [-0.2, -0.15) is 0 Å². The number of aryl methyl sites for hydroxylation is 2. The first-order valence-corrected chi connectivity index (χ1v) is 15.0. The van der Waals surface area contributed by atoms with Crippen LogP contribution in [0.25, 0.3) is 5.65 Å². The van der Waals surface area contributed by atoms with E-state index < -0.39 is 0 Å². The van der Waals surface area contributed by atoms with Gasteiger partial charge in [0, 0.05) is 37.9 Å². The van der Waals surface area contributed by atoms with E-state index in [1.54, 1.807) is 6.33 Å². The Balaban J connectivity index is 1.23. The molecule has 0 unspecified atom stereocenters. The van der Waals surface area contributed by atoms with E-state index in [0.29, 0.717) is 34.8 Å². The highest BCUT2D eigenvalue weighted by Crippen LogP contribution is 2.52. The van der Waals surface area contributed by atoms with E-state index in [9.17, 15) is 4.79 Å². The van der Waals surface area contributed by atoms with E-state index in [2.05, 4.69) is 62.8 Å². The maximum absolute atomic E-state index is 13.9. The third-order valence-electron chi connectivity index (χ3n) is 9.29. The van der Waals surface area contributed by atoms with Crippen molar-refractivity contribution in [3.8, 4) is 0 Å². The topological polar surface area (TPSA) is 106 Å². The minimum Gasteiger partial charge on any atom is -0.320 e. The molecule has 1 N–H and O–H groups in total. The van der Waals surface area contributed by atoms with Crippen LogP contribution in [0.2, 0.25) is 0 Å². The van der Waals surface area contributed by atoms with Crippen molar-refractivity contribution in [2.75, 3.05) is 18.4 Å². The number of aromatic nitrogens is 7. The zero-order valence-electron chi connectivity index (χ0n) is 24.5. The molecule has 10 heteroatoms. The molecule has 7 rings (SSSR count). The lowest BCUT2D eigenvalue weighted by molar-refractivity contribution is 0.102. The number of anilines is 1. The number of piperidine rings is 1. The monoisotopic (exact) mass is 553 g/mol. The fourth-order valence-electron chi connectivity index (χ4n) is 7.16. The highest BCUT2D eigenvalue weighted by molar-refractivity contribution is 6.08. The van der Waals surface area contributed by atoms with Crippen LogP contribution in [0.15, 0.2) is 30.7 Å². The van der Waals surface area contributed by atoms with Gasteiger partial charge in [-0.3, -0.25) is 14.1 Å². The van der Waals surface area contributed by atoms with Gasteiger partial charge in [0.2, 0.25) is 0 Å². The Morgan fingerprint density at radius 1 is 1.07 bits per heavy atom. The third kappa shape index (κ3) is 4.81. The molecule has 5 heterocycles. The van der Waals surface area contributed by atoms with Crippen LogP contribution >= 0.6 is 0 Å². The van der Waals surface area contributed by atoms with Crippen molar-refractivity contribution in [2.45, 2.75) is 77.2 Å². The normalized spacial score (nSPS) is 24.9. The second-order valence-electron chi connectivity index (χ2n) is 12.9. The Labute approximate surface area is 240 Å². The predicted molar refractivity (Wildman–Crippen MR) is 156 cm³/mol. The number of likely N-dealkylation sites (tertiary alicyclic amines) is 1. The van der Waals surface area contributed by atoms with E-state index in [1.807, 2.05) is 29.0 Å². The van der Waals surface area contributed by atoms with Gasteiger partial charge >= 0.3 is 0 Å². The molecule has 3 fully saturated rings. The number of rotatable bonds is 7. The minimum absolute atomic E-state index is 0.211. The maximum atomic E-state index is 13.9. The summed E-state index contributed by atoms with van der Waals surface area (Å²) in [5.74, 6) is 3.84. The van der Waals surface area contributed by atoms with Gasteiger partial charge < -0.3 is 9.88 Å². The second-order valence-corrected chi connectivity index (χ2v) is 12.9. The Morgan fingerprint density at radius 3 is 2.61 bits per heavy atom. The van der Waals surface area contributed by atoms with Gasteiger partial charge in [-0.15, -0.1) is 20.4 Å². The minimum atomic E-state index is -0.223. The van der Waals surface area contributed by atoms with Gasteiger partial charge in [0.05, 0.1) is 11.0 Å². The molecular formula is C31H39N9O. The second kappa shape index (κ2) is 10.0. The number of pyridine rings is 2. The molecule has 10 nitrogen and oxygen atoms in total. The molecule has 1 atom stereocenters. The van der Waals surface area contributed by atoms with Gasteiger partial charge in [-0.05, 0) is 93.2 Å². The number of amides is 1. The number of carbonyl (C=O) groups is 1. The summed E-state index contributed by atoms with van der Waals surface area (Å²) >= 11 is 0. The van der Waals surface area contributed by atoms with E-state index in [-0.39, 0.29) is 11.3 Å². The van der Waals surface area contributed by atoms with Gasteiger partial charge in [-0.1, -0.05) is 13.8 Å². The summed E-state index contributed by atoms with van der Waals surface area (Å²) in [6.07, 6.45) is 10.6. The summed E-state index contributed by atoms with van der Waals surface area (Å²) in [6, 6.07) is 6.28. The standard InChI is InChI=1S/C31H39N9O/c1-19-6-5-9-39(15-19)16-22-10-25(28-36-35-21(3)40(28)17-22)29(41)34-27-12-24(11-26(33-27)23-7-8-23)31(13-20(2)14-31)30-37-32-18-38(30)4/h10-12,17-20,23H,5-9,13-16H2,1-4H3,(H,33,34,41)/t19-,20?,31?/m0/s1. The number of hydrogen-bond acceptors (Lipinski definition) is 7. The first-order valence-electron chi connectivity index (χ1n) is 15.0. The van der Waals surface area contributed by atoms with Crippen molar-refractivity contribution in [1.29, 1.82) is 0 Å². The molecular weight excluding hydrogens is 514 g/mol. The molecule has 1 aliphatic heterocycles. The fourth-order valence-corrected chi connectivity index (χ4v) is 7.16. The average molecular weight is 554 g/mol. The summed E-state index contributed by atoms with van der Waals surface area (Å²) < 4.78 is 3.97. The van der Waals surface area contributed by atoms with Crippen LogP contribution in [0.3, 0.4) is 0 Å². The van der Waals surface area contributed by atoms with E-state index >= 15 is 0 Å². The Kier molecular flexibility index (Phi) is 6.41. The lowest BCUT2D eigenvalue weighted by atomic mass is 9.58. The summed E-state index contributed by atoms with van der Waals surface area (Å²) in [4.78, 5) is 21.4. The number of nitrogens with zero attached hydrogens (tertiary/aromatic N) is 8. The summed E-state index contributed by atoms with van der Waals surface area (Å²) in [5.41, 5.74) is 4.17. The van der Waals surface area contributed by atoms with Crippen LogP contribution in [0.4, 0.5) is 5.82 Å². The van der Waals surface area contributed by atoms with Crippen molar-refractivity contribution in [1.82, 2.24) is 39.2 Å². The van der Waals surface area contributed by atoms with Crippen molar-refractivity contribution < 1.29 is 4.79 Å². The molecule has 2 saturated carbocycles. The zero-order valence-corrected chi connectivity index (χ0v) is 24.5. The number of hydrogen-bond donors (Lipinski definition) is 1. The van der Waals surface area contributed by atoms with E-state index in [1.165, 1.54) is 12.8 Å². The molecule has 3 aliphatic rings. The van der Waals surface area contributed by atoms with Crippen LogP contribution < -0.4 is 5.32 Å². The Bertz CT molecular complexity index is 1610. The van der Waals surface area contributed by atoms with Crippen molar-refractivity contribution in [3.63, 3.8) is 0 Å². The van der Waals surface area contributed by atoms with E-state index in [4.69, 9.17) is 4.98 Å².